The molecule has 62 valence electrons. The summed E-state index contributed by atoms with van der Waals surface area (Å²) in [4.78, 5) is 10.6. The molecule has 0 aliphatic carbocycles. The van der Waals surface area contributed by atoms with Gasteiger partial charge in [0.1, 0.15) is 0 Å². The molecule has 0 aliphatic rings. The molecule has 2 nitrogen and oxygen atoms in total. The van der Waals surface area contributed by atoms with Gasteiger partial charge in [-0.25, -0.2) is 0 Å². The number of Topliss-reactive ketones (excluding diaryl/α,β-unsaturated/α-hetero) is 1. The lowest BCUT2D eigenvalue weighted by Gasteiger charge is -1.93. The first-order valence-electron chi connectivity index (χ1n) is 3.67. The van der Waals surface area contributed by atoms with Crippen molar-refractivity contribution < 1.29 is 9.90 Å². The smallest absolute Gasteiger partial charge is 0.194 e. The van der Waals surface area contributed by atoms with Crippen molar-refractivity contribution in [1.29, 1.82) is 0 Å². The van der Waals surface area contributed by atoms with E-state index in [1.165, 1.54) is 13.0 Å². The Morgan fingerprint density at radius 1 is 1.33 bits per heavy atom. The van der Waals surface area contributed by atoms with Crippen LogP contribution in [0.25, 0.3) is 6.08 Å². The Labute approximate surface area is 71.2 Å². The van der Waals surface area contributed by atoms with Gasteiger partial charge in [-0.2, -0.15) is 0 Å². The molecule has 2 heteroatoms. The van der Waals surface area contributed by atoms with Crippen molar-refractivity contribution in [3.63, 3.8) is 0 Å². The topological polar surface area (TPSA) is 37.3 Å². The van der Waals surface area contributed by atoms with Crippen molar-refractivity contribution in [1.82, 2.24) is 0 Å². The van der Waals surface area contributed by atoms with Gasteiger partial charge in [0.25, 0.3) is 0 Å². The van der Waals surface area contributed by atoms with Crippen LogP contribution in [0.3, 0.4) is 0 Å². The van der Waals surface area contributed by atoms with Crippen molar-refractivity contribution >= 4 is 11.9 Å². The van der Waals surface area contributed by atoms with Crippen LogP contribution in [0.1, 0.15) is 12.5 Å². The molecule has 0 aromatic heterocycles. The van der Waals surface area contributed by atoms with Crippen LogP contribution in [0.5, 0.6) is 0 Å². The summed E-state index contributed by atoms with van der Waals surface area (Å²) in [5.74, 6) is -0.528. The highest BCUT2D eigenvalue weighted by Crippen LogP contribution is 2.04. The standard InChI is InChI=1S/C10H10O2/c1-8(11)10(12)7-9-5-3-2-4-6-9/h2-7,12H,1H3/b10-7+. The zero-order chi connectivity index (χ0) is 8.97. The highest BCUT2D eigenvalue weighted by Gasteiger charge is 1.98. The molecule has 0 saturated carbocycles. The lowest BCUT2D eigenvalue weighted by Crippen LogP contribution is -1.93. The van der Waals surface area contributed by atoms with Gasteiger partial charge < -0.3 is 5.11 Å². The number of hydrogen-bond acceptors (Lipinski definition) is 2. The molecule has 0 bridgehead atoms. The maximum Gasteiger partial charge on any atom is 0.194 e. The number of rotatable bonds is 2. The number of carbonyl (C=O) groups is 1. The second-order valence-corrected chi connectivity index (χ2v) is 2.50. The van der Waals surface area contributed by atoms with E-state index in [2.05, 4.69) is 0 Å². The Morgan fingerprint density at radius 3 is 2.42 bits per heavy atom. The van der Waals surface area contributed by atoms with Crippen LogP contribution >= 0.6 is 0 Å². The minimum atomic E-state index is -0.321. The van der Waals surface area contributed by atoms with Crippen molar-refractivity contribution in [2.75, 3.05) is 0 Å². The van der Waals surface area contributed by atoms with Crippen molar-refractivity contribution in [3.8, 4) is 0 Å². The van der Waals surface area contributed by atoms with Gasteiger partial charge in [-0.3, -0.25) is 4.79 Å². The Balaban J connectivity index is 2.89. The number of aliphatic hydroxyl groups is 1. The van der Waals surface area contributed by atoms with Gasteiger partial charge in [0.15, 0.2) is 11.5 Å². The summed E-state index contributed by atoms with van der Waals surface area (Å²) in [6.45, 7) is 1.33. The predicted octanol–water partition coefficient (Wildman–Crippen LogP) is 2.17. The molecule has 0 atom stereocenters. The zero-order valence-electron chi connectivity index (χ0n) is 6.82. The molecule has 0 aliphatic heterocycles. The average Bonchev–Trinajstić information content (AvgIpc) is 2.06. The van der Waals surface area contributed by atoms with E-state index in [0.717, 1.165) is 5.56 Å². The van der Waals surface area contributed by atoms with Crippen LogP contribution in [-0.2, 0) is 4.79 Å². The molecule has 0 spiro atoms. The monoisotopic (exact) mass is 162 g/mol. The van der Waals surface area contributed by atoms with Crippen LogP contribution in [0.2, 0.25) is 0 Å². The van der Waals surface area contributed by atoms with Crippen LogP contribution in [0.4, 0.5) is 0 Å². The van der Waals surface area contributed by atoms with Crippen LogP contribution in [0.15, 0.2) is 36.1 Å². The third-order valence-corrected chi connectivity index (χ3v) is 1.46. The largest absolute Gasteiger partial charge is 0.504 e. The van der Waals surface area contributed by atoms with E-state index in [0.29, 0.717) is 0 Å². The molecule has 0 radical (unpaired) electrons. The van der Waals surface area contributed by atoms with Gasteiger partial charge in [0, 0.05) is 6.92 Å². The second-order valence-electron chi connectivity index (χ2n) is 2.50. The quantitative estimate of drug-likeness (QED) is 0.534. The third-order valence-electron chi connectivity index (χ3n) is 1.46. The summed E-state index contributed by atoms with van der Waals surface area (Å²) < 4.78 is 0. The van der Waals surface area contributed by atoms with Gasteiger partial charge in [-0.05, 0) is 11.6 Å². The molecule has 0 amide bonds. The fraction of sp³-hybridized carbons (Fsp3) is 0.100. The summed E-state index contributed by atoms with van der Waals surface area (Å²) >= 11 is 0. The Bertz CT molecular complexity index is 299. The summed E-state index contributed by atoms with van der Waals surface area (Å²) in [5, 5.41) is 9.09. The first kappa shape index (κ1) is 8.53. The van der Waals surface area contributed by atoms with E-state index in [1.807, 2.05) is 30.3 Å². The van der Waals surface area contributed by atoms with Gasteiger partial charge in [0.05, 0.1) is 0 Å². The maximum atomic E-state index is 10.6. The number of benzene rings is 1. The number of hydrogen-bond donors (Lipinski definition) is 1. The zero-order valence-corrected chi connectivity index (χ0v) is 6.82. The summed E-state index contributed by atoms with van der Waals surface area (Å²) in [5.41, 5.74) is 0.824. The van der Waals surface area contributed by atoms with E-state index >= 15 is 0 Å². The molecule has 0 unspecified atom stereocenters. The predicted molar refractivity (Wildman–Crippen MR) is 47.7 cm³/mol. The number of ketones is 1. The minimum Gasteiger partial charge on any atom is -0.504 e. The highest BCUT2D eigenvalue weighted by atomic mass is 16.3. The van der Waals surface area contributed by atoms with Gasteiger partial charge >= 0.3 is 0 Å². The first-order chi connectivity index (χ1) is 5.70. The van der Waals surface area contributed by atoms with E-state index in [4.69, 9.17) is 5.11 Å². The average molecular weight is 162 g/mol. The molecule has 0 saturated heterocycles. The lowest BCUT2D eigenvalue weighted by atomic mass is 10.2. The van der Waals surface area contributed by atoms with Gasteiger partial charge in [-0.1, -0.05) is 30.3 Å². The Hall–Kier alpha value is -1.57. The number of aliphatic hydroxyl groups excluding tert-OH is 1. The minimum absolute atomic E-state index is 0.207. The van der Waals surface area contributed by atoms with Crippen molar-refractivity contribution in [3.05, 3.63) is 41.7 Å². The van der Waals surface area contributed by atoms with E-state index in [-0.39, 0.29) is 11.5 Å². The van der Waals surface area contributed by atoms with E-state index in [9.17, 15) is 4.79 Å². The normalized spacial score (nSPS) is 11.2. The molecule has 12 heavy (non-hydrogen) atoms. The third kappa shape index (κ3) is 2.23. The number of carbonyl (C=O) groups excluding carboxylic acids is 1. The molecule has 1 N–H and O–H groups in total. The molecule has 0 heterocycles. The van der Waals surface area contributed by atoms with E-state index in [1.54, 1.807) is 0 Å². The second kappa shape index (κ2) is 3.72. The first-order valence-corrected chi connectivity index (χ1v) is 3.67. The van der Waals surface area contributed by atoms with Crippen LogP contribution in [0, 0.1) is 0 Å². The SMILES string of the molecule is CC(=O)/C(O)=C\c1ccccc1. The fourth-order valence-electron chi connectivity index (χ4n) is 0.809. The Kier molecular flexibility index (Phi) is 2.64. The molecule has 1 aromatic rings. The molecule has 1 aromatic carbocycles. The lowest BCUT2D eigenvalue weighted by molar-refractivity contribution is -0.115. The van der Waals surface area contributed by atoms with Gasteiger partial charge in [0.2, 0.25) is 0 Å². The van der Waals surface area contributed by atoms with E-state index < -0.39 is 0 Å². The van der Waals surface area contributed by atoms with Crippen molar-refractivity contribution in [2.24, 2.45) is 0 Å². The summed E-state index contributed by atoms with van der Waals surface area (Å²) in [6.07, 6.45) is 1.45. The highest BCUT2D eigenvalue weighted by molar-refractivity contribution is 5.95. The molecule has 0 fully saturated rings. The van der Waals surface area contributed by atoms with Crippen LogP contribution < -0.4 is 0 Å². The molecular weight excluding hydrogens is 152 g/mol. The molecular formula is C10H10O2. The summed E-state index contributed by atoms with van der Waals surface area (Å²) in [7, 11) is 0. The van der Waals surface area contributed by atoms with Crippen molar-refractivity contribution in [2.45, 2.75) is 6.92 Å². The number of allylic oxidation sites excluding steroid dienone is 1. The fourth-order valence-corrected chi connectivity index (χ4v) is 0.809. The summed E-state index contributed by atoms with van der Waals surface area (Å²) in [6, 6.07) is 9.21. The Morgan fingerprint density at radius 2 is 1.92 bits per heavy atom. The maximum absolute atomic E-state index is 10.6. The van der Waals surface area contributed by atoms with Gasteiger partial charge in [-0.15, -0.1) is 0 Å². The molecule has 1 rings (SSSR count). The van der Waals surface area contributed by atoms with Crippen LogP contribution in [-0.4, -0.2) is 10.9 Å².